The van der Waals surface area contributed by atoms with Crippen LogP contribution >= 0.6 is 0 Å². The van der Waals surface area contributed by atoms with Gasteiger partial charge in [0, 0.05) is 31.7 Å². The zero-order valence-corrected chi connectivity index (χ0v) is 11.3. The zero-order valence-electron chi connectivity index (χ0n) is 11.3. The molecule has 0 unspecified atom stereocenters. The van der Waals surface area contributed by atoms with Crippen LogP contribution < -0.4 is 5.56 Å². The second-order valence-electron chi connectivity index (χ2n) is 4.25. The smallest absolute Gasteiger partial charge is 0.339 e. The molecule has 2 aromatic heterocycles. The van der Waals surface area contributed by atoms with Crippen molar-refractivity contribution in [3.8, 4) is 0 Å². The summed E-state index contributed by atoms with van der Waals surface area (Å²) in [5.74, 6) is -0.236. The first-order valence-corrected chi connectivity index (χ1v) is 5.87. The molecule has 0 spiro atoms. The molecule has 0 aliphatic carbocycles. The average Bonchev–Trinajstić information content (AvgIpc) is 2.85. The van der Waals surface area contributed by atoms with Crippen molar-refractivity contribution in [1.82, 2.24) is 14.1 Å². The van der Waals surface area contributed by atoms with Crippen LogP contribution in [0.5, 0.6) is 0 Å². The van der Waals surface area contributed by atoms with Gasteiger partial charge in [0.25, 0.3) is 0 Å². The van der Waals surface area contributed by atoms with Gasteiger partial charge in [0.15, 0.2) is 0 Å². The van der Waals surface area contributed by atoms with Crippen molar-refractivity contribution in [2.75, 3.05) is 7.11 Å². The molecular formula is C12H12N4O5. The van der Waals surface area contributed by atoms with Crippen LogP contribution in [0.4, 0.5) is 5.69 Å². The van der Waals surface area contributed by atoms with Crippen molar-refractivity contribution in [3.05, 3.63) is 56.5 Å². The molecule has 0 radical (unpaired) electrons. The number of rotatable bonds is 4. The maximum Gasteiger partial charge on any atom is 0.339 e. The topological polar surface area (TPSA) is 109 Å². The first-order valence-electron chi connectivity index (χ1n) is 5.87. The first-order chi connectivity index (χ1) is 9.93. The van der Waals surface area contributed by atoms with Crippen molar-refractivity contribution in [2.24, 2.45) is 7.05 Å². The lowest BCUT2D eigenvalue weighted by atomic mass is 10.2. The largest absolute Gasteiger partial charge is 0.465 e. The van der Waals surface area contributed by atoms with Gasteiger partial charge in [0.1, 0.15) is 5.82 Å². The zero-order chi connectivity index (χ0) is 15.6. The monoisotopic (exact) mass is 292 g/mol. The third-order valence-electron chi connectivity index (χ3n) is 2.92. The molecule has 0 bridgehead atoms. The normalized spacial score (nSPS) is 10.4. The number of aromatic nitrogens is 3. The van der Waals surface area contributed by atoms with Gasteiger partial charge in [0.2, 0.25) is 0 Å². The van der Waals surface area contributed by atoms with E-state index in [1.165, 1.54) is 6.20 Å². The molecule has 0 saturated carbocycles. The van der Waals surface area contributed by atoms with E-state index < -0.39 is 22.1 Å². The van der Waals surface area contributed by atoms with Gasteiger partial charge in [-0.15, -0.1) is 0 Å². The second-order valence-corrected chi connectivity index (χ2v) is 4.25. The van der Waals surface area contributed by atoms with Crippen molar-refractivity contribution in [2.45, 2.75) is 6.54 Å². The Hall–Kier alpha value is -2.97. The Bertz CT molecular complexity index is 761. The van der Waals surface area contributed by atoms with E-state index in [4.69, 9.17) is 0 Å². The van der Waals surface area contributed by atoms with Crippen LogP contribution in [0.3, 0.4) is 0 Å². The van der Waals surface area contributed by atoms with Gasteiger partial charge in [0.05, 0.1) is 24.1 Å². The summed E-state index contributed by atoms with van der Waals surface area (Å²) in [5, 5.41) is 10.9. The number of ether oxygens (including phenoxy) is 1. The van der Waals surface area contributed by atoms with E-state index in [0.717, 1.165) is 17.7 Å². The fourth-order valence-electron chi connectivity index (χ4n) is 1.80. The van der Waals surface area contributed by atoms with Crippen LogP contribution in [0.15, 0.2) is 29.5 Å². The Labute approximate surface area is 118 Å². The van der Waals surface area contributed by atoms with Crippen molar-refractivity contribution in [1.29, 1.82) is 0 Å². The van der Waals surface area contributed by atoms with E-state index >= 15 is 0 Å². The average molecular weight is 292 g/mol. The minimum Gasteiger partial charge on any atom is -0.465 e. The van der Waals surface area contributed by atoms with Gasteiger partial charge in [-0.3, -0.25) is 14.9 Å². The SMILES string of the molecule is COC(=O)c1cc([N+](=O)[O-])c(=O)n(Cc2nccn2C)c1. The Morgan fingerprint density at radius 3 is 2.76 bits per heavy atom. The van der Waals surface area contributed by atoms with Crippen LogP contribution in [-0.2, 0) is 18.3 Å². The predicted octanol–water partition coefficient (Wildman–Crippen LogP) is 0.325. The fraction of sp³-hybridized carbons (Fsp3) is 0.250. The van der Waals surface area contributed by atoms with Gasteiger partial charge >= 0.3 is 17.2 Å². The van der Waals surface area contributed by atoms with E-state index in [0.29, 0.717) is 5.82 Å². The van der Waals surface area contributed by atoms with E-state index in [-0.39, 0.29) is 12.1 Å². The van der Waals surface area contributed by atoms with Crippen LogP contribution in [0.1, 0.15) is 16.2 Å². The molecule has 0 fully saturated rings. The maximum atomic E-state index is 12.0. The summed E-state index contributed by atoms with van der Waals surface area (Å²) in [7, 11) is 2.88. The molecule has 21 heavy (non-hydrogen) atoms. The molecule has 0 amide bonds. The quantitative estimate of drug-likeness (QED) is 0.456. The molecule has 0 aromatic carbocycles. The number of hydrogen-bond donors (Lipinski definition) is 0. The molecule has 9 nitrogen and oxygen atoms in total. The number of esters is 1. The highest BCUT2D eigenvalue weighted by Gasteiger charge is 2.20. The molecule has 110 valence electrons. The van der Waals surface area contributed by atoms with Crippen molar-refractivity contribution < 1.29 is 14.5 Å². The third-order valence-corrected chi connectivity index (χ3v) is 2.92. The van der Waals surface area contributed by atoms with Gasteiger partial charge < -0.3 is 13.9 Å². The van der Waals surface area contributed by atoms with Gasteiger partial charge in [-0.2, -0.15) is 0 Å². The number of pyridine rings is 1. The van der Waals surface area contributed by atoms with Crippen LogP contribution in [0.25, 0.3) is 0 Å². The lowest BCUT2D eigenvalue weighted by Crippen LogP contribution is -2.25. The molecular weight excluding hydrogens is 280 g/mol. The van der Waals surface area contributed by atoms with Crippen molar-refractivity contribution >= 4 is 11.7 Å². The number of nitrogens with zero attached hydrogens (tertiary/aromatic N) is 4. The molecule has 0 aliphatic heterocycles. The van der Waals surface area contributed by atoms with Crippen molar-refractivity contribution in [3.63, 3.8) is 0 Å². The van der Waals surface area contributed by atoms with Crippen LogP contribution in [0.2, 0.25) is 0 Å². The summed E-state index contributed by atoms with van der Waals surface area (Å²) in [4.78, 5) is 37.7. The Morgan fingerprint density at radius 2 is 2.24 bits per heavy atom. The molecule has 2 aromatic rings. The van der Waals surface area contributed by atoms with Gasteiger partial charge in [-0.05, 0) is 0 Å². The predicted molar refractivity (Wildman–Crippen MR) is 71.0 cm³/mol. The minimum absolute atomic E-state index is 0.00794. The number of methoxy groups -OCH3 is 1. The van der Waals surface area contributed by atoms with Crippen LogP contribution in [-0.4, -0.2) is 32.1 Å². The number of nitro groups is 1. The third kappa shape index (κ3) is 2.81. The van der Waals surface area contributed by atoms with Gasteiger partial charge in [-0.1, -0.05) is 0 Å². The highest BCUT2D eigenvalue weighted by molar-refractivity contribution is 5.89. The second kappa shape index (κ2) is 5.57. The molecule has 0 aliphatic rings. The Kier molecular flexibility index (Phi) is 3.83. The van der Waals surface area contributed by atoms with Gasteiger partial charge in [-0.25, -0.2) is 9.78 Å². The highest BCUT2D eigenvalue weighted by Crippen LogP contribution is 2.10. The summed E-state index contributed by atoms with van der Waals surface area (Å²) < 4.78 is 7.26. The summed E-state index contributed by atoms with van der Waals surface area (Å²) in [6.45, 7) is 0.00794. The molecule has 0 atom stereocenters. The number of aryl methyl sites for hydroxylation is 1. The molecule has 2 rings (SSSR count). The van der Waals surface area contributed by atoms with E-state index in [2.05, 4.69) is 9.72 Å². The summed E-state index contributed by atoms with van der Waals surface area (Å²) >= 11 is 0. The Morgan fingerprint density at radius 1 is 1.52 bits per heavy atom. The first kappa shape index (κ1) is 14.4. The summed E-state index contributed by atoms with van der Waals surface area (Å²) in [6.07, 6.45) is 4.44. The van der Waals surface area contributed by atoms with E-state index in [9.17, 15) is 19.7 Å². The molecule has 2 heterocycles. The lowest BCUT2D eigenvalue weighted by molar-refractivity contribution is -0.386. The standard InChI is InChI=1S/C12H12N4O5/c1-14-4-3-13-10(14)7-15-6-8(12(18)21-2)5-9(11(15)17)16(19)20/h3-6H,7H2,1-2H3. The molecule has 0 saturated heterocycles. The number of hydrogen-bond acceptors (Lipinski definition) is 6. The maximum absolute atomic E-state index is 12.0. The summed E-state index contributed by atoms with van der Waals surface area (Å²) in [6, 6.07) is 0.906. The lowest BCUT2D eigenvalue weighted by Gasteiger charge is -2.08. The number of carbonyl (C=O) groups is 1. The Balaban J connectivity index is 2.56. The number of carbonyl (C=O) groups excluding carboxylic acids is 1. The fourth-order valence-corrected chi connectivity index (χ4v) is 1.80. The molecule has 0 N–H and O–H groups in total. The highest BCUT2D eigenvalue weighted by atomic mass is 16.6. The van der Waals surface area contributed by atoms with Crippen LogP contribution in [0, 0.1) is 10.1 Å². The molecule has 9 heteroatoms. The minimum atomic E-state index is -0.830. The van der Waals surface area contributed by atoms with E-state index in [1.54, 1.807) is 24.0 Å². The van der Waals surface area contributed by atoms with E-state index in [1.807, 2.05) is 0 Å². The summed E-state index contributed by atoms with van der Waals surface area (Å²) in [5.41, 5.74) is -1.57. The number of imidazole rings is 1.